The zero-order valence-corrected chi connectivity index (χ0v) is 10.0. The topological polar surface area (TPSA) is 67.1 Å². The molecule has 2 rings (SSSR count). The minimum atomic E-state index is 0.0158. The maximum absolute atomic E-state index is 11.9. The Bertz CT molecular complexity index is 243. The van der Waals surface area contributed by atoms with E-state index in [1.165, 1.54) is 25.7 Å². The Kier molecular flexibility index (Phi) is 3.82. The predicted molar refractivity (Wildman–Crippen MR) is 63.9 cm³/mol. The van der Waals surface area contributed by atoms with Crippen molar-refractivity contribution in [3.8, 4) is 0 Å². The quantitative estimate of drug-likeness (QED) is 0.650. The number of amides is 1. The summed E-state index contributed by atoms with van der Waals surface area (Å²) < 4.78 is 0. The zero-order valence-electron chi connectivity index (χ0n) is 10.0. The SMILES string of the molecule is C[C@@H](CN)NC(=O)C1CC2CCCCC2N1. The van der Waals surface area contributed by atoms with Crippen LogP contribution < -0.4 is 16.4 Å². The molecule has 1 aliphatic heterocycles. The van der Waals surface area contributed by atoms with Crippen LogP contribution in [0.5, 0.6) is 0 Å². The average Bonchev–Trinajstić information content (AvgIpc) is 2.72. The molecule has 0 aromatic heterocycles. The van der Waals surface area contributed by atoms with Crippen molar-refractivity contribution in [2.24, 2.45) is 11.7 Å². The molecule has 1 saturated heterocycles. The fourth-order valence-corrected chi connectivity index (χ4v) is 2.92. The summed E-state index contributed by atoms with van der Waals surface area (Å²) in [6.07, 6.45) is 6.17. The Morgan fingerprint density at radius 1 is 1.50 bits per heavy atom. The van der Waals surface area contributed by atoms with Gasteiger partial charge in [0.15, 0.2) is 0 Å². The van der Waals surface area contributed by atoms with Crippen molar-refractivity contribution in [2.75, 3.05) is 6.54 Å². The van der Waals surface area contributed by atoms with E-state index in [4.69, 9.17) is 5.73 Å². The Morgan fingerprint density at radius 2 is 2.25 bits per heavy atom. The summed E-state index contributed by atoms with van der Waals surface area (Å²) in [6.45, 7) is 2.45. The molecule has 16 heavy (non-hydrogen) atoms. The molecule has 1 saturated carbocycles. The van der Waals surface area contributed by atoms with Crippen LogP contribution in [-0.2, 0) is 4.79 Å². The molecule has 4 nitrogen and oxygen atoms in total. The molecule has 0 radical (unpaired) electrons. The third kappa shape index (κ3) is 2.55. The normalized spacial score (nSPS) is 35.5. The fraction of sp³-hybridized carbons (Fsp3) is 0.917. The molecule has 1 amide bonds. The Morgan fingerprint density at radius 3 is 2.94 bits per heavy atom. The molecule has 3 unspecified atom stereocenters. The van der Waals surface area contributed by atoms with Gasteiger partial charge in [-0.05, 0) is 32.1 Å². The number of nitrogens with one attached hydrogen (secondary N) is 2. The lowest BCUT2D eigenvalue weighted by molar-refractivity contribution is -0.123. The van der Waals surface area contributed by atoms with Crippen molar-refractivity contribution >= 4 is 5.91 Å². The molecule has 4 heteroatoms. The summed E-state index contributed by atoms with van der Waals surface area (Å²) in [4.78, 5) is 11.9. The number of carbonyl (C=O) groups is 1. The monoisotopic (exact) mass is 225 g/mol. The minimum Gasteiger partial charge on any atom is -0.351 e. The largest absolute Gasteiger partial charge is 0.351 e. The van der Waals surface area contributed by atoms with E-state index in [9.17, 15) is 4.79 Å². The number of rotatable bonds is 3. The highest BCUT2D eigenvalue weighted by Crippen LogP contribution is 2.33. The second kappa shape index (κ2) is 5.15. The number of fused-ring (bicyclic) bond motifs is 1. The van der Waals surface area contributed by atoms with E-state index in [0.29, 0.717) is 12.6 Å². The first-order chi connectivity index (χ1) is 7.70. The van der Waals surface area contributed by atoms with Crippen LogP contribution in [-0.4, -0.2) is 30.6 Å². The predicted octanol–water partition coefficient (Wildman–Crippen LogP) is 0.371. The summed E-state index contributed by atoms with van der Waals surface area (Å²) in [7, 11) is 0. The molecule has 0 aromatic carbocycles. The van der Waals surface area contributed by atoms with Crippen molar-refractivity contribution in [2.45, 2.75) is 57.2 Å². The smallest absolute Gasteiger partial charge is 0.237 e. The van der Waals surface area contributed by atoms with Gasteiger partial charge in [-0.2, -0.15) is 0 Å². The molecule has 4 atom stereocenters. The standard InChI is InChI=1S/C12H23N3O/c1-8(7-13)14-12(16)11-6-9-4-2-3-5-10(9)15-11/h8-11,15H,2-7,13H2,1H3,(H,14,16)/t8-,9?,10?,11?/m0/s1. The summed E-state index contributed by atoms with van der Waals surface area (Å²) in [5.74, 6) is 0.852. The van der Waals surface area contributed by atoms with Crippen LogP contribution in [0.15, 0.2) is 0 Å². The second-order valence-corrected chi connectivity index (χ2v) is 5.25. The maximum atomic E-state index is 11.9. The van der Waals surface area contributed by atoms with E-state index in [0.717, 1.165) is 12.3 Å². The van der Waals surface area contributed by atoms with Gasteiger partial charge in [0.05, 0.1) is 6.04 Å². The van der Waals surface area contributed by atoms with Crippen LogP contribution in [0.4, 0.5) is 0 Å². The fourth-order valence-electron chi connectivity index (χ4n) is 2.92. The first-order valence-electron chi connectivity index (χ1n) is 6.47. The Hall–Kier alpha value is -0.610. The van der Waals surface area contributed by atoms with Gasteiger partial charge in [-0.1, -0.05) is 12.8 Å². The average molecular weight is 225 g/mol. The van der Waals surface area contributed by atoms with Crippen molar-refractivity contribution < 1.29 is 4.79 Å². The lowest BCUT2D eigenvalue weighted by atomic mass is 9.85. The van der Waals surface area contributed by atoms with Gasteiger partial charge in [0.1, 0.15) is 0 Å². The molecular weight excluding hydrogens is 202 g/mol. The summed E-state index contributed by atoms with van der Waals surface area (Å²) in [6, 6.07) is 0.678. The molecular formula is C12H23N3O. The van der Waals surface area contributed by atoms with Gasteiger partial charge in [0, 0.05) is 18.6 Å². The van der Waals surface area contributed by atoms with Gasteiger partial charge < -0.3 is 16.4 Å². The number of hydrogen-bond donors (Lipinski definition) is 3. The second-order valence-electron chi connectivity index (χ2n) is 5.25. The van der Waals surface area contributed by atoms with Crippen molar-refractivity contribution in [1.29, 1.82) is 0 Å². The number of hydrogen-bond acceptors (Lipinski definition) is 3. The van der Waals surface area contributed by atoms with E-state index < -0.39 is 0 Å². The van der Waals surface area contributed by atoms with Gasteiger partial charge in [0.25, 0.3) is 0 Å². The van der Waals surface area contributed by atoms with Gasteiger partial charge in [-0.3, -0.25) is 4.79 Å². The van der Waals surface area contributed by atoms with Gasteiger partial charge in [-0.15, -0.1) is 0 Å². The van der Waals surface area contributed by atoms with Crippen LogP contribution in [0.1, 0.15) is 39.0 Å². The molecule has 2 fully saturated rings. The van der Waals surface area contributed by atoms with Crippen molar-refractivity contribution in [3.05, 3.63) is 0 Å². The summed E-state index contributed by atoms with van der Waals surface area (Å²) in [5, 5.41) is 6.42. The molecule has 92 valence electrons. The highest BCUT2D eigenvalue weighted by atomic mass is 16.2. The Labute approximate surface area is 97.3 Å². The van der Waals surface area contributed by atoms with Crippen molar-refractivity contribution in [3.63, 3.8) is 0 Å². The first-order valence-corrected chi connectivity index (χ1v) is 6.47. The van der Waals surface area contributed by atoms with Crippen LogP contribution in [0.25, 0.3) is 0 Å². The molecule has 1 heterocycles. The lowest BCUT2D eigenvalue weighted by Gasteiger charge is -2.24. The van der Waals surface area contributed by atoms with Gasteiger partial charge in [-0.25, -0.2) is 0 Å². The highest BCUT2D eigenvalue weighted by molar-refractivity contribution is 5.82. The number of carbonyl (C=O) groups excluding carboxylic acids is 1. The highest BCUT2D eigenvalue weighted by Gasteiger charge is 2.38. The summed E-state index contributed by atoms with van der Waals surface area (Å²) in [5.41, 5.74) is 5.50. The molecule has 0 bridgehead atoms. The third-order valence-electron chi connectivity index (χ3n) is 3.92. The molecule has 4 N–H and O–H groups in total. The zero-order chi connectivity index (χ0) is 11.5. The van der Waals surface area contributed by atoms with E-state index in [2.05, 4.69) is 10.6 Å². The minimum absolute atomic E-state index is 0.0158. The molecule has 0 aromatic rings. The molecule has 1 aliphatic carbocycles. The molecule has 2 aliphatic rings. The lowest BCUT2D eigenvalue weighted by Crippen LogP contribution is -2.47. The van der Waals surface area contributed by atoms with Gasteiger partial charge >= 0.3 is 0 Å². The maximum Gasteiger partial charge on any atom is 0.237 e. The first kappa shape index (κ1) is 11.9. The van der Waals surface area contributed by atoms with Crippen LogP contribution >= 0.6 is 0 Å². The summed E-state index contributed by atoms with van der Waals surface area (Å²) >= 11 is 0. The van der Waals surface area contributed by atoms with Crippen molar-refractivity contribution in [1.82, 2.24) is 10.6 Å². The Balaban J connectivity index is 1.85. The third-order valence-corrected chi connectivity index (χ3v) is 3.92. The van der Waals surface area contributed by atoms with Crippen LogP contribution in [0.3, 0.4) is 0 Å². The van der Waals surface area contributed by atoms with E-state index in [1.54, 1.807) is 0 Å². The van der Waals surface area contributed by atoms with E-state index in [1.807, 2.05) is 6.92 Å². The molecule has 0 spiro atoms. The van der Waals surface area contributed by atoms with Crippen LogP contribution in [0, 0.1) is 5.92 Å². The van der Waals surface area contributed by atoms with E-state index in [-0.39, 0.29) is 18.0 Å². The van der Waals surface area contributed by atoms with E-state index >= 15 is 0 Å². The van der Waals surface area contributed by atoms with Crippen LogP contribution in [0.2, 0.25) is 0 Å². The number of nitrogens with two attached hydrogens (primary N) is 1. The van der Waals surface area contributed by atoms with Gasteiger partial charge in [0.2, 0.25) is 5.91 Å².